The Labute approximate surface area is 118 Å². The van der Waals surface area contributed by atoms with Gasteiger partial charge < -0.3 is 14.6 Å². The summed E-state index contributed by atoms with van der Waals surface area (Å²) in [7, 11) is 0. The molecule has 0 amide bonds. The van der Waals surface area contributed by atoms with Crippen molar-refractivity contribution < 1.29 is 4.74 Å². The number of hydrogen-bond acceptors (Lipinski definition) is 5. The number of imidazole rings is 1. The van der Waals surface area contributed by atoms with Gasteiger partial charge in [-0.2, -0.15) is 0 Å². The minimum absolute atomic E-state index is 0.421. The first kappa shape index (κ1) is 13.1. The average Bonchev–Trinajstić information content (AvgIpc) is 3.17. The summed E-state index contributed by atoms with van der Waals surface area (Å²) in [6, 6.07) is 2.04. The number of aryl methyl sites for hydroxylation is 1. The summed E-state index contributed by atoms with van der Waals surface area (Å²) >= 11 is 0. The molecule has 6 heteroatoms. The van der Waals surface area contributed by atoms with Gasteiger partial charge in [-0.05, 0) is 12.8 Å². The molecule has 0 saturated carbocycles. The van der Waals surface area contributed by atoms with Crippen molar-refractivity contribution in [1.82, 2.24) is 19.5 Å². The van der Waals surface area contributed by atoms with E-state index in [1.165, 1.54) is 0 Å². The molecule has 0 aliphatic carbocycles. The third-order valence-corrected chi connectivity index (χ3v) is 3.49. The lowest BCUT2D eigenvalue weighted by atomic mass is 10.1. The topological polar surface area (TPSA) is 64.9 Å². The van der Waals surface area contributed by atoms with Crippen LogP contribution in [0.25, 0.3) is 0 Å². The monoisotopic (exact) mass is 273 g/mol. The summed E-state index contributed by atoms with van der Waals surface area (Å²) in [4.78, 5) is 12.6. The van der Waals surface area contributed by atoms with Gasteiger partial charge in [-0.25, -0.2) is 15.0 Å². The summed E-state index contributed by atoms with van der Waals surface area (Å²) in [6.07, 6.45) is 9.32. The molecule has 0 radical (unpaired) electrons. The molecule has 2 aromatic heterocycles. The first-order valence-corrected chi connectivity index (χ1v) is 7.01. The van der Waals surface area contributed by atoms with Crippen LogP contribution in [0.15, 0.2) is 31.1 Å². The Balaban J connectivity index is 1.48. The first-order chi connectivity index (χ1) is 9.92. The molecular formula is C14H19N5O. The third-order valence-electron chi connectivity index (χ3n) is 3.49. The molecular weight excluding hydrogens is 254 g/mol. The van der Waals surface area contributed by atoms with E-state index in [0.29, 0.717) is 5.92 Å². The minimum atomic E-state index is 0.421. The van der Waals surface area contributed by atoms with E-state index in [1.54, 1.807) is 12.5 Å². The van der Waals surface area contributed by atoms with Crippen LogP contribution in [0.1, 0.15) is 24.5 Å². The van der Waals surface area contributed by atoms with Crippen LogP contribution in [0.4, 0.5) is 5.82 Å². The zero-order chi connectivity index (χ0) is 13.6. The van der Waals surface area contributed by atoms with Gasteiger partial charge >= 0.3 is 0 Å². The van der Waals surface area contributed by atoms with Crippen molar-refractivity contribution in [2.45, 2.75) is 25.3 Å². The van der Waals surface area contributed by atoms with Crippen LogP contribution in [0.3, 0.4) is 0 Å². The number of aromatic nitrogens is 4. The predicted molar refractivity (Wildman–Crippen MR) is 75.5 cm³/mol. The van der Waals surface area contributed by atoms with Crippen molar-refractivity contribution in [2.24, 2.45) is 0 Å². The van der Waals surface area contributed by atoms with Gasteiger partial charge in [0.1, 0.15) is 12.1 Å². The fourth-order valence-electron chi connectivity index (χ4n) is 2.36. The molecule has 1 fully saturated rings. The van der Waals surface area contributed by atoms with Crippen molar-refractivity contribution in [1.29, 1.82) is 0 Å². The molecule has 1 unspecified atom stereocenters. The molecule has 0 bridgehead atoms. The van der Waals surface area contributed by atoms with E-state index in [1.807, 2.05) is 18.6 Å². The molecule has 1 aliphatic heterocycles. The molecule has 1 saturated heterocycles. The van der Waals surface area contributed by atoms with Crippen molar-refractivity contribution in [2.75, 3.05) is 25.1 Å². The first-order valence-electron chi connectivity index (χ1n) is 7.01. The second-order valence-electron chi connectivity index (χ2n) is 4.97. The molecule has 0 aromatic carbocycles. The lowest BCUT2D eigenvalue weighted by molar-refractivity contribution is 0.193. The van der Waals surface area contributed by atoms with E-state index >= 15 is 0 Å². The Morgan fingerprint density at radius 2 is 2.40 bits per heavy atom. The number of hydrogen-bond donors (Lipinski definition) is 1. The summed E-state index contributed by atoms with van der Waals surface area (Å²) in [5.41, 5.74) is 1.08. The highest BCUT2D eigenvalue weighted by Crippen LogP contribution is 2.24. The lowest BCUT2D eigenvalue weighted by Crippen LogP contribution is -2.09. The molecule has 3 rings (SSSR count). The molecule has 1 N–H and O–H groups in total. The Morgan fingerprint density at radius 3 is 3.20 bits per heavy atom. The molecule has 1 aliphatic rings. The third kappa shape index (κ3) is 3.33. The van der Waals surface area contributed by atoms with Gasteiger partial charge in [0.05, 0.1) is 18.6 Å². The van der Waals surface area contributed by atoms with Crippen LogP contribution in [0, 0.1) is 0 Å². The number of anilines is 1. The van der Waals surface area contributed by atoms with Crippen LogP contribution in [-0.2, 0) is 11.3 Å². The fraction of sp³-hybridized carbons (Fsp3) is 0.500. The van der Waals surface area contributed by atoms with Crippen molar-refractivity contribution in [3.63, 3.8) is 0 Å². The van der Waals surface area contributed by atoms with E-state index in [0.717, 1.165) is 50.7 Å². The van der Waals surface area contributed by atoms with Crippen LogP contribution in [0.5, 0.6) is 0 Å². The normalized spacial score (nSPS) is 18.3. The standard InChI is InChI=1S/C14H19N5O/c1(5-19-6-4-15-11-19)3-16-14-8-13(17-10-18-14)12-2-7-20-9-12/h4,6,8,10-12H,1-3,5,7,9H2,(H,16,17,18). The number of rotatable bonds is 6. The molecule has 20 heavy (non-hydrogen) atoms. The zero-order valence-corrected chi connectivity index (χ0v) is 11.4. The van der Waals surface area contributed by atoms with Gasteiger partial charge in [-0.15, -0.1) is 0 Å². The smallest absolute Gasteiger partial charge is 0.129 e. The van der Waals surface area contributed by atoms with Crippen molar-refractivity contribution >= 4 is 5.82 Å². The summed E-state index contributed by atoms with van der Waals surface area (Å²) in [5.74, 6) is 1.32. The Bertz CT molecular complexity index is 522. The molecule has 1 atom stereocenters. The summed E-state index contributed by atoms with van der Waals surface area (Å²) < 4.78 is 7.47. The van der Waals surface area contributed by atoms with Crippen molar-refractivity contribution in [3.05, 3.63) is 36.8 Å². The minimum Gasteiger partial charge on any atom is -0.381 e. The Hall–Kier alpha value is -1.95. The van der Waals surface area contributed by atoms with Crippen molar-refractivity contribution in [3.8, 4) is 0 Å². The van der Waals surface area contributed by atoms with Gasteiger partial charge in [0.2, 0.25) is 0 Å². The lowest BCUT2D eigenvalue weighted by Gasteiger charge is -2.10. The Morgan fingerprint density at radius 1 is 1.40 bits per heavy atom. The maximum Gasteiger partial charge on any atom is 0.129 e. The average molecular weight is 273 g/mol. The maximum absolute atomic E-state index is 5.40. The molecule has 2 aromatic rings. The molecule has 6 nitrogen and oxygen atoms in total. The second-order valence-corrected chi connectivity index (χ2v) is 4.97. The number of nitrogens with zero attached hydrogens (tertiary/aromatic N) is 4. The van der Waals surface area contributed by atoms with Crippen LogP contribution < -0.4 is 5.32 Å². The van der Waals surface area contributed by atoms with Gasteiger partial charge in [-0.3, -0.25) is 0 Å². The molecule has 106 valence electrons. The van der Waals surface area contributed by atoms with E-state index in [2.05, 4.69) is 24.8 Å². The quantitative estimate of drug-likeness (QED) is 0.811. The highest BCUT2D eigenvalue weighted by atomic mass is 16.5. The van der Waals surface area contributed by atoms with Crippen LogP contribution >= 0.6 is 0 Å². The van der Waals surface area contributed by atoms with Gasteiger partial charge in [0.15, 0.2) is 0 Å². The number of nitrogens with one attached hydrogen (secondary N) is 1. The van der Waals surface area contributed by atoms with Gasteiger partial charge in [0.25, 0.3) is 0 Å². The van der Waals surface area contributed by atoms with Gasteiger partial charge in [0, 0.05) is 44.1 Å². The SMILES string of the molecule is c1cn(CCCNc2cc(C3CCOC3)ncn2)cn1. The fourth-order valence-corrected chi connectivity index (χ4v) is 2.36. The zero-order valence-electron chi connectivity index (χ0n) is 11.4. The van der Waals surface area contributed by atoms with Crippen LogP contribution in [0.2, 0.25) is 0 Å². The highest BCUT2D eigenvalue weighted by molar-refractivity contribution is 5.35. The largest absolute Gasteiger partial charge is 0.381 e. The molecule has 3 heterocycles. The highest BCUT2D eigenvalue weighted by Gasteiger charge is 2.19. The van der Waals surface area contributed by atoms with Gasteiger partial charge in [-0.1, -0.05) is 0 Å². The molecule has 0 spiro atoms. The second kappa shape index (κ2) is 6.47. The maximum atomic E-state index is 5.40. The van der Waals surface area contributed by atoms with E-state index in [4.69, 9.17) is 4.74 Å². The summed E-state index contributed by atoms with van der Waals surface area (Å²) in [5, 5.41) is 3.35. The van der Waals surface area contributed by atoms with E-state index < -0.39 is 0 Å². The van der Waals surface area contributed by atoms with E-state index in [9.17, 15) is 0 Å². The predicted octanol–water partition coefficient (Wildman–Crippen LogP) is 1.68. The number of ether oxygens (including phenoxy) is 1. The Kier molecular flexibility index (Phi) is 4.22. The van der Waals surface area contributed by atoms with E-state index in [-0.39, 0.29) is 0 Å². The summed E-state index contributed by atoms with van der Waals surface area (Å²) in [6.45, 7) is 3.45. The van der Waals surface area contributed by atoms with Crippen LogP contribution in [-0.4, -0.2) is 39.3 Å².